The predicted molar refractivity (Wildman–Crippen MR) is 178 cm³/mol. The zero-order valence-electron chi connectivity index (χ0n) is 24.3. The zero-order valence-corrected chi connectivity index (χ0v) is 26.7. The van der Waals surface area contributed by atoms with E-state index >= 15 is 0 Å². The fourth-order valence-electron chi connectivity index (χ4n) is 4.25. The Labute approximate surface area is 255 Å². The number of aliphatic imine (C=N–C) groups is 1. The second kappa shape index (κ2) is 29.3. The minimum absolute atomic E-state index is 0. The molecule has 13 heteroatoms. The second-order valence-electron chi connectivity index (χ2n) is 9.85. The summed E-state index contributed by atoms with van der Waals surface area (Å²) in [6.45, 7) is 6.14. The first-order chi connectivity index (χ1) is 17.8. The van der Waals surface area contributed by atoms with Gasteiger partial charge in [-0.2, -0.15) is 0 Å². The molecular weight excluding hydrogens is 555 g/mol. The van der Waals surface area contributed by atoms with Gasteiger partial charge in [0.1, 0.15) is 0 Å². The van der Waals surface area contributed by atoms with Crippen LogP contribution in [-0.4, -0.2) is 48.2 Å². The van der Waals surface area contributed by atoms with Crippen molar-refractivity contribution in [2.75, 3.05) is 13.1 Å². The highest BCUT2D eigenvalue weighted by Gasteiger charge is 2.14. The van der Waals surface area contributed by atoms with E-state index in [1.54, 1.807) is 0 Å². The van der Waals surface area contributed by atoms with E-state index in [2.05, 4.69) is 51.6 Å². The molecule has 0 aliphatic heterocycles. The van der Waals surface area contributed by atoms with Crippen LogP contribution in [0.5, 0.6) is 0 Å². The number of nitrogens with two attached hydrogens (primary N) is 3. The van der Waals surface area contributed by atoms with Gasteiger partial charge in [-0.3, -0.25) is 21.1 Å². The van der Waals surface area contributed by atoms with Crippen LogP contribution in [-0.2, 0) is 0 Å². The minimum atomic E-state index is -0.333. The number of unbranched alkanes of at least 4 members (excludes halogenated alkanes) is 2. The lowest BCUT2D eigenvalue weighted by Crippen LogP contribution is -2.48. The molecule has 2 aliphatic rings. The topological polar surface area (TPSA) is 186 Å². The van der Waals surface area contributed by atoms with Crippen LogP contribution in [0.25, 0.3) is 0 Å². The molecule has 0 amide bonds. The summed E-state index contributed by atoms with van der Waals surface area (Å²) in [5.41, 5.74) is 14.3. The van der Waals surface area contributed by atoms with Gasteiger partial charge in [0, 0.05) is 25.2 Å². The zero-order chi connectivity index (χ0) is 27.7. The monoisotopic (exact) mass is 612 g/mol. The van der Waals surface area contributed by atoms with Crippen molar-refractivity contribution in [3.05, 3.63) is 0 Å². The van der Waals surface area contributed by atoms with E-state index in [0.29, 0.717) is 18.0 Å². The Morgan fingerprint density at radius 3 is 1.62 bits per heavy atom. The third-order valence-electron chi connectivity index (χ3n) is 6.24. The Morgan fingerprint density at radius 2 is 1.21 bits per heavy atom. The summed E-state index contributed by atoms with van der Waals surface area (Å²) in [6, 6.07) is 1.09. The fourth-order valence-corrected chi connectivity index (χ4v) is 4.52. The van der Waals surface area contributed by atoms with E-state index in [9.17, 15) is 0 Å². The Balaban J connectivity index is -0.000000564. The molecule has 0 atom stereocenters. The van der Waals surface area contributed by atoms with Crippen molar-refractivity contribution in [2.45, 2.75) is 129 Å². The normalized spacial score (nSPS) is 16.0. The van der Waals surface area contributed by atoms with Crippen LogP contribution in [0, 0.1) is 10.8 Å². The van der Waals surface area contributed by atoms with Gasteiger partial charge in [-0.05, 0) is 50.7 Å². The molecule has 10 nitrogen and oxygen atoms in total. The summed E-state index contributed by atoms with van der Waals surface area (Å²) in [7, 11) is 0. The van der Waals surface area contributed by atoms with Crippen LogP contribution in [0.15, 0.2) is 4.99 Å². The highest BCUT2D eigenvalue weighted by molar-refractivity contribution is 7.80. The number of guanidine groups is 3. The van der Waals surface area contributed by atoms with Crippen LogP contribution < -0.4 is 38.5 Å². The highest BCUT2D eigenvalue weighted by atomic mass is 35.5. The molecule has 0 spiro atoms. The summed E-state index contributed by atoms with van der Waals surface area (Å²) in [6.07, 6.45) is 20.3. The molecule has 0 aromatic carbocycles. The highest BCUT2D eigenvalue weighted by Crippen LogP contribution is 2.17. The van der Waals surface area contributed by atoms with Crippen molar-refractivity contribution >= 4 is 60.0 Å². The molecule has 2 fully saturated rings. The van der Waals surface area contributed by atoms with E-state index in [1.165, 1.54) is 89.9 Å². The third kappa shape index (κ3) is 29.1. The number of nitrogens with zero attached hydrogens (tertiary/aromatic N) is 1. The Kier molecular flexibility index (Phi) is 31.3. The largest absolute Gasteiger partial charge is 0.370 e. The van der Waals surface area contributed by atoms with Gasteiger partial charge in [-0.15, -0.1) is 24.8 Å². The molecule has 2 aliphatic carbocycles. The molecule has 2 rings (SSSR count). The number of nitrogens with one attached hydrogen (secondary N) is 6. The molecule has 0 unspecified atom stereocenters. The average Bonchev–Trinajstić information content (AvgIpc) is 3.24. The lowest BCUT2D eigenvalue weighted by atomic mass is 10.1. The quantitative estimate of drug-likeness (QED) is 0.0625. The first-order valence-electron chi connectivity index (χ1n) is 14.3. The van der Waals surface area contributed by atoms with Crippen molar-refractivity contribution < 1.29 is 0 Å². The van der Waals surface area contributed by atoms with E-state index in [-0.39, 0.29) is 36.7 Å². The minimum Gasteiger partial charge on any atom is -0.370 e. The molecule has 0 heterocycles. The van der Waals surface area contributed by atoms with Gasteiger partial charge in [0.2, 0.25) is 0 Å². The van der Waals surface area contributed by atoms with E-state index in [4.69, 9.17) is 28.8 Å². The summed E-state index contributed by atoms with van der Waals surface area (Å²) in [5.74, 6) is 0.286. The van der Waals surface area contributed by atoms with Crippen molar-refractivity contribution in [3.8, 4) is 0 Å². The SMILES string of the molecule is CCCCN=C(NC(=N)N)NC1CCCCCC1.CCCCNC(=S)NC1CCCCCC1.Cl.Cl.N=C(N)N. The maximum absolute atomic E-state index is 7.31. The Hall–Kier alpha value is -1.72. The number of halogens is 2. The van der Waals surface area contributed by atoms with Crippen molar-refractivity contribution in [1.29, 1.82) is 10.8 Å². The lowest BCUT2D eigenvalue weighted by Gasteiger charge is -2.19. The summed E-state index contributed by atoms with van der Waals surface area (Å²) in [4.78, 5) is 4.45. The van der Waals surface area contributed by atoms with Gasteiger partial charge >= 0.3 is 0 Å². The van der Waals surface area contributed by atoms with Crippen molar-refractivity contribution in [3.63, 3.8) is 0 Å². The van der Waals surface area contributed by atoms with Crippen LogP contribution in [0.2, 0.25) is 0 Å². The molecule has 2 saturated carbocycles. The Morgan fingerprint density at radius 1 is 0.769 bits per heavy atom. The number of hydrogen-bond acceptors (Lipinski definition) is 4. The molecule has 12 N–H and O–H groups in total. The molecule has 0 radical (unpaired) electrons. The Bertz CT molecular complexity index is 632. The lowest BCUT2D eigenvalue weighted by molar-refractivity contribution is 0.527. The van der Waals surface area contributed by atoms with Gasteiger partial charge in [-0.25, -0.2) is 0 Å². The maximum atomic E-state index is 7.31. The third-order valence-corrected chi connectivity index (χ3v) is 6.50. The van der Waals surface area contributed by atoms with Crippen LogP contribution in [0.4, 0.5) is 0 Å². The van der Waals surface area contributed by atoms with Crippen LogP contribution >= 0.6 is 37.0 Å². The molecule has 0 saturated heterocycles. The fraction of sp³-hybridized carbons (Fsp3) is 0.846. The number of hydrogen-bond donors (Lipinski definition) is 9. The van der Waals surface area contributed by atoms with Gasteiger partial charge in [0.15, 0.2) is 23.0 Å². The summed E-state index contributed by atoms with van der Waals surface area (Å²) >= 11 is 5.27. The molecule has 232 valence electrons. The van der Waals surface area contributed by atoms with Crippen molar-refractivity contribution in [1.82, 2.24) is 21.3 Å². The molecule has 0 aromatic rings. The maximum Gasteiger partial charge on any atom is 0.198 e. The van der Waals surface area contributed by atoms with Gasteiger partial charge in [-0.1, -0.05) is 78.1 Å². The molecule has 39 heavy (non-hydrogen) atoms. The van der Waals surface area contributed by atoms with Gasteiger partial charge in [0.05, 0.1) is 0 Å². The summed E-state index contributed by atoms with van der Waals surface area (Å²) < 4.78 is 0. The first-order valence-corrected chi connectivity index (χ1v) is 14.7. The molecule has 0 bridgehead atoms. The predicted octanol–water partition coefficient (Wildman–Crippen LogP) is 4.59. The van der Waals surface area contributed by atoms with E-state index in [1.807, 2.05) is 0 Å². The molecular formula is C26H58Cl2N10S. The standard InChI is InChI=1S/C13H27N5.C12H24N2S.CH5N3.2ClH/c1-2-3-10-16-13(18-12(14)15)17-11-8-6-4-5-7-9-11;1-2-3-10-13-12(15)14-11-8-6-4-5-7-9-11;2-1(3)4;;/h11H,2-10H2,1H3,(H5,14,15,16,17,18);11H,2-10H2,1H3,(H2,13,14,15);(H5,2,3,4);2*1H. The van der Waals surface area contributed by atoms with Crippen LogP contribution in [0.3, 0.4) is 0 Å². The number of rotatable bonds is 8. The van der Waals surface area contributed by atoms with E-state index in [0.717, 1.165) is 31.0 Å². The molecule has 0 aromatic heterocycles. The smallest absolute Gasteiger partial charge is 0.198 e. The second-order valence-corrected chi connectivity index (χ2v) is 10.3. The average molecular weight is 614 g/mol. The summed E-state index contributed by atoms with van der Waals surface area (Å²) in [5, 5.41) is 27.1. The van der Waals surface area contributed by atoms with E-state index < -0.39 is 0 Å². The van der Waals surface area contributed by atoms with Gasteiger partial charge in [0.25, 0.3) is 0 Å². The number of thiocarbonyl (C=S) groups is 1. The first kappa shape index (κ1) is 41.8. The van der Waals surface area contributed by atoms with Gasteiger partial charge < -0.3 is 33.2 Å². The van der Waals surface area contributed by atoms with Crippen molar-refractivity contribution in [2.24, 2.45) is 22.2 Å². The van der Waals surface area contributed by atoms with Crippen LogP contribution in [0.1, 0.15) is 117 Å².